The Morgan fingerprint density at radius 2 is 1.79 bits per heavy atom. The van der Waals surface area contributed by atoms with Crippen molar-refractivity contribution in [3.8, 4) is 11.5 Å². The molecule has 28 heavy (non-hydrogen) atoms. The monoisotopic (exact) mass is 391 g/mol. The number of amides is 1. The third-order valence-electron chi connectivity index (χ3n) is 3.84. The molecule has 1 N–H and O–H groups in total. The zero-order valence-electron chi connectivity index (χ0n) is 16.9. The Morgan fingerprint density at radius 3 is 2.46 bits per heavy atom. The molecular formula is C23H25NO3Si. The zero-order chi connectivity index (χ0) is 20.7. The molecule has 0 aliphatic rings. The molecule has 4 nitrogen and oxygen atoms in total. The van der Waals surface area contributed by atoms with Gasteiger partial charge in [0.1, 0.15) is 8.07 Å². The first-order valence-corrected chi connectivity index (χ1v) is 12.5. The molecule has 0 radical (unpaired) electrons. The van der Waals surface area contributed by atoms with E-state index in [-0.39, 0.29) is 5.91 Å². The van der Waals surface area contributed by atoms with Crippen molar-refractivity contribution >= 4 is 31.2 Å². The van der Waals surface area contributed by atoms with E-state index in [1.807, 2.05) is 31.2 Å². The topological polar surface area (TPSA) is 55.4 Å². The third-order valence-corrected chi connectivity index (χ3v) is 4.71. The average molecular weight is 392 g/mol. The van der Waals surface area contributed by atoms with Crippen LogP contribution in [0.25, 0.3) is 5.57 Å². The van der Waals surface area contributed by atoms with Crippen LogP contribution in [0.15, 0.2) is 54.6 Å². The van der Waals surface area contributed by atoms with Gasteiger partial charge in [-0.2, -0.15) is 0 Å². The number of carbonyl (C=O) groups is 2. The predicted molar refractivity (Wildman–Crippen MR) is 117 cm³/mol. The van der Waals surface area contributed by atoms with Gasteiger partial charge in [0.05, 0.1) is 18.4 Å². The van der Waals surface area contributed by atoms with E-state index < -0.39 is 14.0 Å². The van der Waals surface area contributed by atoms with E-state index in [0.717, 1.165) is 16.7 Å². The van der Waals surface area contributed by atoms with Crippen molar-refractivity contribution in [2.24, 2.45) is 0 Å². The molecule has 5 heteroatoms. The lowest BCUT2D eigenvalue weighted by Crippen LogP contribution is -2.16. The third kappa shape index (κ3) is 6.25. The molecule has 0 bridgehead atoms. The number of ether oxygens (including phenoxy) is 1. The van der Waals surface area contributed by atoms with Crippen molar-refractivity contribution in [3.05, 3.63) is 71.3 Å². The molecule has 2 aromatic rings. The lowest BCUT2D eigenvalue weighted by molar-refractivity contribution is -0.111. The largest absolute Gasteiger partial charge is 0.465 e. The number of esters is 1. The minimum Gasteiger partial charge on any atom is -0.465 e. The molecule has 144 valence electrons. The summed E-state index contributed by atoms with van der Waals surface area (Å²) in [5.74, 6) is 2.42. The molecule has 0 aromatic heterocycles. The maximum absolute atomic E-state index is 12.4. The molecule has 2 rings (SSSR count). The Bertz CT molecular complexity index is 975. The highest BCUT2D eigenvalue weighted by atomic mass is 28.3. The summed E-state index contributed by atoms with van der Waals surface area (Å²) < 4.78 is 4.75. The first-order chi connectivity index (χ1) is 13.2. The second-order valence-corrected chi connectivity index (χ2v) is 12.2. The van der Waals surface area contributed by atoms with Crippen molar-refractivity contribution < 1.29 is 14.3 Å². The van der Waals surface area contributed by atoms with Crippen molar-refractivity contribution in [1.82, 2.24) is 0 Å². The number of allylic oxidation sites excluding steroid dienone is 1. The molecule has 2 aromatic carbocycles. The van der Waals surface area contributed by atoms with Gasteiger partial charge < -0.3 is 10.1 Å². The summed E-state index contributed by atoms with van der Waals surface area (Å²) in [5, 5.41) is 2.75. The Kier molecular flexibility index (Phi) is 6.97. The fourth-order valence-corrected chi connectivity index (χ4v) is 2.95. The van der Waals surface area contributed by atoms with Crippen LogP contribution in [-0.4, -0.2) is 27.1 Å². The van der Waals surface area contributed by atoms with Crippen LogP contribution >= 0.6 is 0 Å². The number of methoxy groups -OCH3 is 1. The number of anilines is 1. The van der Waals surface area contributed by atoms with Crippen LogP contribution in [0.4, 0.5) is 5.69 Å². The average Bonchev–Trinajstić information content (AvgIpc) is 2.65. The van der Waals surface area contributed by atoms with E-state index in [0.29, 0.717) is 11.3 Å². The molecule has 0 fully saturated rings. The summed E-state index contributed by atoms with van der Waals surface area (Å²) in [6.07, 6.45) is 1.51. The van der Waals surface area contributed by atoms with Crippen LogP contribution in [0.2, 0.25) is 19.6 Å². The SMILES string of the molecule is COC(=O)c1ccccc1NC(=O)/C=C(/C)c1cccc(C#C[Si](C)(C)C)c1. The number of carbonyl (C=O) groups excluding carboxylic acids is 2. The molecular weight excluding hydrogens is 366 g/mol. The van der Waals surface area contributed by atoms with Gasteiger partial charge >= 0.3 is 5.97 Å². The minimum atomic E-state index is -1.45. The van der Waals surface area contributed by atoms with Crippen molar-refractivity contribution in [1.29, 1.82) is 0 Å². The smallest absolute Gasteiger partial charge is 0.339 e. The van der Waals surface area contributed by atoms with Crippen LogP contribution in [0.5, 0.6) is 0 Å². The highest BCUT2D eigenvalue weighted by Crippen LogP contribution is 2.18. The summed E-state index contributed by atoms with van der Waals surface area (Å²) in [4.78, 5) is 24.3. The maximum Gasteiger partial charge on any atom is 0.339 e. The molecule has 0 saturated heterocycles. The summed E-state index contributed by atoms with van der Waals surface area (Å²) in [6.45, 7) is 8.47. The van der Waals surface area contributed by atoms with Crippen LogP contribution < -0.4 is 5.32 Å². The van der Waals surface area contributed by atoms with Crippen LogP contribution in [0, 0.1) is 11.5 Å². The van der Waals surface area contributed by atoms with Crippen LogP contribution in [-0.2, 0) is 9.53 Å². The summed E-state index contributed by atoms with van der Waals surface area (Å²) in [5.41, 5.74) is 6.75. The lowest BCUT2D eigenvalue weighted by Gasteiger charge is -2.09. The Morgan fingerprint density at radius 1 is 1.07 bits per heavy atom. The number of para-hydroxylation sites is 1. The normalized spacial score (nSPS) is 11.2. The molecule has 0 spiro atoms. The van der Waals surface area contributed by atoms with E-state index >= 15 is 0 Å². The van der Waals surface area contributed by atoms with E-state index in [9.17, 15) is 9.59 Å². The first kappa shape index (κ1) is 21.2. The fraction of sp³-hybridized carbons (Fsp3) is 0.217. The van der Waals surface area contributed by atoms with E-state index in [4.69, 9.17) is 4.74 Å². The van der Waals surface area contributed by atoms with Gasteiger partial charge in [-0.15, -0.1) is 5.54 Å². The number of hydrogen-bond acceptors (Lipinski definition) is 3. The highest BCUT2D eigenvalue weighted by molar-refractivity contribution is 6.83. The fourth-order valence-electron chi connectivity index (χ4n) is 2.43. The van der Waals surface area contributed by atoms with Gasteiger partial charge in [-0.1, -0.05) is 49.8 Å². The van der Waals surface area contributed by atoms with E-state index in [2.05, 4.69) is 36.4 Å². The standard InChI is InChI=1S/C23H25NO3Si/c1-17(19-10-8-9-18(16-19)13-14-28(3,4)5)15-22(25)24-21-12-7-6-11-20(21)23(26)27-2/h6-12,15-16H,1-5H3,(H,24,25)/b17-15-. The number of rotatable bonds is 4. The second-order valence-electron chi connectivity index (χ2n) is 7.43. The molecule has 0 unspecified atom stereocenters. The van der Waals surface area contributed by atoms with Crippen molar-refractivity contribution in [3.63, 3.8) is 0 Å². The molecule has 0 heterocycles. The van der Waals surface area contributed by atoms with Gasteiger partial charge in [0.25, 0.3) is 0 Å². The quantitative estimate of drug-likeness (QED) is 0.354. The number of nitrogens with one attached hydrogen (secondary N) is 1. The molecule has 0 saturated carbocycles. The van der Waals surface area contributed by atoms with E-state index in [1.165, 1.54) is 13.2 Å². The number of benzene rings is 2. The second kappa shape index (κ2) is 9.20. The van der Waals surface area contributed by atoms with Gasteiger partial charge in [-0.3, -0.25) is 4.79 Å². The summed E-state index contributed by atoms with van der Waals surface area (Å²) in [7, 11) is -0.141. The number of hydrogen-bond donors (Lipinski definition) is 1. The van der Waals surface area contributed by atoms with Gasteiger partial charge in [0, 0.05) is 11.6 Å². The van der Waals surface area contributed by atoms with Crippen LogP contribution in [0.3, 0.4) is 0 Å². The summed E-state index contributed by atoms with van der Waals surface area (Å²) >= 11 is 0. The van der Waals surface area contributed by atoms with Gasteiger partial charge in [0.15, 0.2) is 0 Å². The van der Waals surface area contributed by atoms with Gasteiger partial charge in [0.2, 0.25) is 5.91 Å². The molecule has 0 aliphatic carbocycles. The summed E-state index contributed by atoms with van der Waals surface area (Å²) in [6, 6.07) is 14.6. The van der Waals surface area contributed by atoms with Crippen molar-refractivity contribution in [2.45, 2.75) is 26.6 Å². The maximum atomic E-state index is 12.4. The van der Waals surface area contributed by atoms with Gasteiger partial charge in [-0.25, -0.2) is 4.79 Å². The lowest BCUT2D eigenvalue weighted by atomic mass is 10.0. The Balaban J connectivity index is 2.21. The van der Waals surface area contributed by atoms with Gasteiger partial charge in [-0.05, 0) is 42.3 Å². The Labute approximate surface area is 167 Å². The van der Waals surface area contributed by atoms with Crippen molar-refractivity contribution in [2.75, 3.05) is 12.4 Å². The van der Waals surface area contributed by atoms with E-state index in [1.54, 1.807) is 24.3 Å². The molecule has 0 aliphatic heterocycles. The van der Waals surface area contributed by atoms with Crippen LogP contribution in [0.1, 0.15) is 28.4 Å². The highest BCUT2D eigenvalue weighted by Gasteiger charge is 2.12. The molecule has 0 atom stereocenters. The Hall–Kier alpha value is -3.10. The first-order valence-electron chi connectivity index (χ1n) is 9.00. The molecule has 1 amide bonds. The zero-order valence-corrected chi connectivity index (χ0v) is 17.9. The predicted octanol–water partition coefficient (Wildman–Crippen LogP) is 4.74. The minimum absolute atomic E-state index is 0.313.